The van der Waals surface area contributed by atoms with Gasteiger partial charge in [0.05, 0.1) is 18.8 Å². The largest absolute Gasteiger partial charge is 0.468 e. The molecule has 0 saturated heterocycles. The topological polar surface area (TPSA) is 52.8 Å². The first kappa shape index (κ1) is 15.9. The first-order chi connectivity index (χ1) is 10.2. The molecule has 0 spiro atoms. The minimum atomic E-state index is 0.166. The second-order valence-corrected chi connectivity index (χ2v) is 5.84. The van der Waals surface area contributed by atoms with Gasteiger partial charge < -0.3 is 15.1 Å². The van der Waals surface area contributed by atoms with Gasteiger partial charge in [0.15, 0.2) is 5.96 Å². The molecule has 0 aliphatic heterocycles. The normalized spacial score (nSPS) is 18.2. The molecule has 1 aromatic rings. The second kappa shape index (κ2) is 8.08. The lowest BCUT2D eigenvalue weighted by Crippen LogP contribution is -2.42. The van der Waals surface area contributed by atoms with Crippen molar-refractivity contribution in [3.63, 3.8) is 0 Å². The molecule has 1 unspecified atom stereocenters. The SMILES string of the molecule is CCNC(=NCC(c1ccco1)N(C)C)NC1CCCC1. The van der Waals surface area contributed by atoms with Crippen LogP contribution in [0, 0.1) is 0 Å². The van der Waals surface area contributed by atoms with Gasteiger partial charge in [-0.05, 0) is 46.0 Å². The first-order valence-electron chi connectivity index (χ1n) is 7.95. The Morgan fingerprint density at radius 1 is 1.43 bits per heavy atom. The Morgan fingerprint density at radius 3 is 2.76 bits per heavy atom. The number of aliphatic imine (C=N–C) groups is 1. The molecule has 118 valence electrons. The summed E-state index contributed by atoms with van der Waals surface area (Å²) in [5, 5.41) is 6.89. The fraction of sp³-hybridized carbons (Fsp3) is 0.688. The van der Waals surface area contributed by atoms with E-state index >= 15 is 0 Å². The van der Waals surface area contributed by atoms with Crippen molar-refractivity contribution in [2.45, 2.75) is 44.7 Å². The molecule has 1 aliphatic rings. The molecular formula is C16H28N4O. The highest BCUT2D eigenvalue weighted by Crippen LogP contribution is 2.19. The monoisotopic (exact) mass is 292 g/mol. The number of furan rings is 1. The summed E-state index contributed by atoms with van der Waals surface area (Å²) in [5.41, 5.74) is 0. The average molecular weight is 292 g/mol. The molecule has 1 saturated carbocycles. The van der Waals surface area contributed by atoms with E-state index in [1.54, 1.807) is 6.26 Å². The molecule has 0 bridgehead atoms. The highest BCUT2D eigenvalue weighted by atomic mass is 16.3. The van der Waals surface area contributed by atoms with Crippen LogP contribution in [0.4, 0.5) is 0 Å². The minimum Gasteiger partial charge on any atom is -0.468 e. The molecule has 1 aromatic heterocycles. The highest BCUT2D eigenvalue weighted by molar-refractivity contribution is 5.80. The third-order valence-corrected chi connectivity index (χ3v) is 3.96. The van der Waals surface area contributed by atoms with Crippen LogP contribution in [0.3, 0.4) is 0 Å². The van der Waals surface area contributed by atoms with Crippen LogP contribution in [0.2, 0.25) is 0 Å². The van der Waals surface area contributed by atoms with Crippen LogP contribution < -0.4 is 10.6 Å². The standard InChI is InChI=1S/C16H28N4O/c1-4-17-16(19-13-8-5-6-9-13)18-12-14(20(2)3)15-10-7-11-21-15/h7,10-11,13-14H,4-6,8-9,12H2,1-3H3,(H2,17,18,19). The maximum Gasteiger partial charge on any atom is 0.191 e. The minimum absolute atomic E-state index is 0.166. The van der Waals surface area contributed by atoms with Gasteiger partial charge in [-0.25, -0.2) is 0 Å². The van der Waals surface area contributed by atoms with Crippen molar-refractivity contribution in [2.75, 3.05) is 27.2 Å². The van der Waals surface area contributed by atoms with E-state index in [0.29, 0.717) is 12.6 Å². The maximum absolute atomic E-state index is 5.53. The second-order valence-electron chi connectivity index (χ2n) is 5.84. The zero-order chi connectivity index (χ0) is 15.1. The zero-order valence-electron chi connectivity index (χ0n) is 13.4. The van der Waals surface area contributed by atoms with Crippen molar-refractivity contribution in [2.24, 2.45) is 4.99 Å². The van der Waals surface area contributed by atoms with Crippen LogP contribution in [0.1, 0.15) is 44.4 Å². The third kappa shape index (κ3) is 4.77. The molecule has 5 heteroatoms. The number of hydrogen-bond donors (Lipinski definition) is 2. The Labute approximate surface area is 127 Å². The van der Waals surface area contributed by atoms with Crippen LogP contribution >= 0.6 is 0 Å². The van der Waals surface area contributed by atoms with Crippen molar-refractivity contribution in [3.05, 3.63) is 24.2 Å². The number of nitrogens with one attached hydrogen (secondary N) is 2. The van der Waals surface area contributed by atoms with Gasteiger partial charge in [0.2, 0.25) is 0 Å². The van der Waals surface area contributed by atoms with Gasteiger partial charge in [0, 0.05) is 12.6 Å². The molecule has 0 amide bonds. The van der Waals surface area contributed by atoms with E-state index in [1.807, 2.05) is 12.1 Å². The summed E-state index contributed by atoms with van der Waals surface area (Å²) in [6.45, 7) is 3.66. The Bertz CT molecular complexity index is 421. The molecule has 1 heterocycles. The molecule has 21 heavy (non-hydrogen) atoms. The molecule has 1 atom stereocenters. The van der Waals surface area contributed by atoms with Crippen molar-refractivity contribution in [1.29, 1.82) is 0 Å². The number of hydrogen-bond acceptors (Lipinski definition) is 3. The number of guanidine groups is 1. The quantitative estimate of drug-likeness (QED) is 0.624. The predicted octanol–water partition coefficient (Wildman–Crippen LogP) is 2.38. The van der Waals surface area contributed by atoms with Crippen LogP contribution in [0.5, 0.6) is 0 Å². The van der Waals surface area contributed by atoms with Crippen LogP contribution in [0.15, 0.2) is 27.8 Å². The van der Waals surface area contributed by atoms with Crippen molar-refractivity contribution >= 4 is 5.96 Å². The van der Waals surface area contributed by atoms with Crippen molar-refractivity contribution < 1.29 is 4.42 Å². The van der Waals surface area contributed by atoms with E-state index < -0.39 is 0 Å². The molecule has 1 fully saturated rings. The molecule has 0 radical (unpaired) electrons. The van der Waals surface area contributed by atoms with Gasteiger partial charge in [0.25, 0.3) is 0 Å². The molecule has 5 nitrogen and oxygen atoms in total. The van der Waals surface area contributed by atoms with Crippen molar-refractivity contribution in [3.8, 4) is 0 Å². The fourth-order valence-corrected chi connectivity index (χ4v) is 2.75. The highest BCUT2D eigenvalue weighted by Gasteiger charge is 2.18. The van der Waals surface area contributed by atoms with Gasteiger partial charge >= 0.3 is 0 Å². The van der Waals surface area contributed by atoms with Gasteiger partial charge in [-0.2, -0.15) is 0 Å². The smallest absolute Gasteiger partial charge is 0.191 e. The number of nitrogens with zero attached hydrogens (tertiary/aromatic N) is 2. The Hall–Kier alpha value is -1.49. The Kier molecular flexibility index (Phi) is 6.11. The van der Waals surface area contributed by atoms with E-state index in [1.165, 1.54) is 25.7 Å². The maximum atomic E-state index is 5.53. The summed E-state index contributed by atoms with van der Waals surface area (Å²) in [4.78, 5) is 6.89. The summed E-state index contributed by atoms with van der Waals surface area (Å²) in [7, 11) is 4.11. The first-order valence-corrected chi connectivity index (χ1v) is 7.95. The number of rotatable bonds is 6. The van der Waals surface area contributed by atoms with Gasteiger partial charge in [-0.1, -0.05) is 12.8 Å². The summed E-state index contributed by atoms with van der Waals surface area (Å²) >= 11 is 0. The zero-order valence-corrected chi connectivity index (χ0v) is 13.4. The summed E-state index contributed by atoms with van der Waals surface area (Å²) in [6.07, 6.45) is 6.87. The summed E-state index contributed by atoms with van der Waals surface area (Å²) in [6, 6.07) is 4.68. The van der Waals surface area contributed by atoms with E-state index in [4.69, 9.17) is 9.41 Å². The van der Waals surface area contributed by atoms with Crippen LogP contribution in [-0.2, 0) is 0 Å². The fourth-order valence-electron chi connectivity index (χ4n) is 2.75. The third-order valence-electron chi connectivity index (χ3n) is 3.96. The van der Waals surface area contributed by atoms with E-state index in [9.17, 15) is 0 Å². The summed E-state index contributed by atoms with van der Waals surface area (Å²) < 4.78 is 5.53. The average Bonchev–Trinajstić information content (AvgIpc) is 3.11. The molecule has 2 N–H and O–H groups in total. The molecular weight excluding hydrogens is 264 g/mol. The lowest BCUT2D eigenvalue weighted by atomic mass is 10.2. The lowest BCUT2D eigenvalue weighted by Gasteiger charge is -2.22. The van der Waals surface area contributed by atoms with Crippen LogP contribution in [0.25, 0.3) is 0 Å². The van der Waals surface area contributed by atoms with E-state index in [0.717, 1.165) is 18.3 Å². The van der Waals surface area contributed by atoms with Gasteiger partial charge in [-0.15, -0.1) is 0 Å². The Balaban J connectivity index is 1.98. The van der Waals surface area contributed by atoms with Crippen molar-refractivity contribution in [1.82, 2.24) is 15.5 Å². The molecule has 2 rings (SSSR count). The van der Waals surface area contributed by atoms with Gasteiger partial charge in [-0.3, -0.25) is 9.89 Å². The van der Waals surface area contributed by atoms with Crippen LogP contribution in [-0.4, -0.2) is 44.1 Å². The van der Waals surface area contributed by atoms with E-state index in [-0.39, 0.29) is 6.04 Å². The van der Waals surface area contributed by atoms with E-state index in [2.05, 4.69) is 36.6 Å². The predicted molar refractivity (Wildman–Crippen MR) is 86.5 cm³/mol. The summed E-state index contributed by atoms with van der Waals surface area (Å²) in [5.74, 6) is 1.88. The molecule has 1 aliphatic carbocycles. The number of likely N-dealkylation sites (N-methyl/N-ethyl adjacent to an activating group) is 1. The Morgan fingerprint density at radius 2 is 2.19 bits per heavy atom. The van der Waals surface area contributed by atoms with Gasteiger partial charge in [0.1, 0.15) is 5.76 Å². The lowest BCUT2D eigenvalue weighted by molar-refractivity contribution is 0.265. The molecule has 0 aromatic carbocycles.